The van der Waals surface area contributed by atoms with Gasteiger partial charge in [-0.2, -0.15) is 0 Å². The molecule has 2 rings (SSSR count). The Morgan fingerprint density at radius 3 is 2.33 bits per heavy atom. The number of hydrogen-bond donors (Lipinski definition) is 0. The Balaban J connectivity index is 1.97. The van der Waals surface area contributed by atoms with E-state index < -0.39 is 0 Å². The molecule has 18 heavy (non-hydrogen) atoms. The van der Waals surface area contributed by atoms with E-state index in [1.807, 2.05) is 18.2 Å². The summed E-state index contributed by atoms with van der Waals surface area (Å²) in [7, 11) is 1.77. The van der Waals surface area contributed by atoms with Gasteiger partial charge in [0.05, 0.1) is 0 Å². The van der Waals surface area contributed by atoms with Crippen molar-refractivity contribution in [2.75, 3.05) is 7.11 Å². The van der Waals surface area contributed by atoms with E-state index in [0.717, 1.165) is 10.3 Å². The molecule has 2 aromatic carbocycles. The molecule has 0 fully saturated rings. The first kappa shape index (κ1) is 13.6. The summed E-state index contributed by atoms with van der Waals surface area (Å²) >= 11 is 6.28. The molecule has 0 bridgehead atoms. The van der Waals surface area contributed by atoms with Crippen LogP contribution < -0.4 is 4.46 Å². The van der Waals surface area contributed by atoms with Crippen molar-refractivity contribution in [2.24, 2.45) is 0 Å². The van der Waals surface area contributed by atoms with Crippen LogP contribution in [0.2, 0.25) is 10.3 Å². The maximum absolute atomic E-state index is 5.88. The van der Waals surface area contributed by atoms with Crippen LogP contribution in [-0.4, -0.2) is 22.1 Å². The molecular weight excluding hydrogens is 311 g/mol. The number of ether oxygens (including phenoxy) is 1. The average Bonchev–Trinajstić information content (AvgIpc) is 2.43. The molecule has 94 valence electrons. The van der Waals surface area contributed by atoms with Gasteiger partial charge in [0.25, 0.3) is 0 Å². The molecule has 2 aromatic rings. The third kappa shape index (κ3) is 3.86. The molecule has 0 aliphatic carbocycles. The fourth-order valence-electron chi connectivity index (χ4n) is 1.67. The van der Waals surface area contributed by atoms with E-state index in [2.05, 4.69) is 36.4 Å². The number of methoxy groups -OCH3 is 1. The zero-order chi connectivity index (χ0) is 12.8. The molecular formula is C15H15ClOSe. The van der Waals surface area contributed by atoms with Crippen molar-refractivity contribution in [1.29, 1.82) is 0 Å². The second-order valence-electron chi connectivity index (χ2n) is 3.90. The summed E-state index contributed by atoms with van der Waals surface area (Å²) in [6.45, 7) is 0. The summed E-state index contributed by atoms with van der Waals surface area (Å²) in [6.07, 6.45) is 0.182. The van der Waals surface area contributed by atoms with Gasteiger partial charge in [0, 0.05) is 0 Å². The van der Waals surface area contributed by atoms with Crippen molar-refractivity contribution in [1.82, 2.24) is 0 Å². The van der Waals surface area contributed by atoms with E-state index in [-0.39, 0.29) is 6.10 Å². The number of rotatable bonds is 5. The second-order valence-corrected chi connectivity index (χ2v) is 6.63. The first-order valence-corrected chi connectivity index (χ1v) is 8.20. The van der Waals surface area contributed by atoms with Crippen LogP contribution in [0, 0.1) is 0 Å². The van der Waals surface area contributed by atoms with Crippen molar-refractivity contribution >= 4 is 31.0 Å². The molecule has 1 atom stereocenters. The van der Waals surface area contributed by atoms with Crippen molar-refractivity contribution in [3.8, 4) is 0 Å². The van der Waals surface area contributed by atoms with E-state index >= 15 is 0 Å². The summed E-state index contributed by atoms with van der Waals surface area (Å²) in [5, 5.41) is 1.83. The molecule has 0 spiro atoms. The normalized spacial score (nSPS) is 12.3. The van der Waals surface area contributed by atoms with Gasteiger partial charge in [-0.25, -0.2) is 0 Å². The molecule has 0 aliphatic heterocycles. The van der Waals surface area contributed by atoms with Crippen LogP contribution >= 0.6 is 11.6 Å². The molecule has 0 N–H and O–H groups in total. The van der Waals surface area contributed by atoms with Crippen molar-refractivity contribution in [3.63, 3.8) is 0 Å². The SMILES string of the molecule is COC(C[Se]c1ccc(Cl)cc1)c1ccccc1. The molecule has 1 unspecified atom stereocenters. The monoisotopic (exact) mass is 326 g/mol. The van der Waals surface area contributed by atoms with Gasteiger partial charge in [-0.15, -0.1) is 0 Å². The first-order valence-electron chi connectivity index (χ1n) is 5.75. The van der Waals surface area contributed by atoms with Crippen LogP contribution in [-0.2, 0) is 4.74 Å². The molecule has 0 amide bonds. The summed E-state index contributed by atoms with van der Waals surface area (Å²) < 4.78 is 6.92. The molecule has 0 aromatic heterocycles. The number of hydrogen-bond acceptors (Lipinski definition) is 1. The minimum absolute atomic E-state index is 0.182. The molecule has 0 saturated carbocycles. The van der Waals surface area contributed by atoms with E-state index in [4.69, 9.17) is 16.3 Å². The fourth-order valence-corrected chi connectivity index (χ4v) is 3.90. The Morgan fingerprint density at radius 1 is 1.06 bits per heavy atom. The minimum atomic E-state index is 0.182. The number of halogens is 1. The zero-order valence-electron chi connectivity index (χ0n) is 10.2. The van der Waals surface area contributed by atoms with Crippen LogP contribution in [0.25, 0.3) is 0 Å². The first-order chi connectivity index (χ1) is 8.79. The van der Waals surface area contributed by atoms with Gasteiger partial charge in [0.1, 0.15) is 0 Å². The fraction of sp³-hybridized carbons (Fsp3) is 0.200. The average molecular weight is 326 g/mol. The Kier molecular flexibility index (Phi) is 5.27. The van der Waals surface area contributed by atoms with Crippen LogP contribution in [0.3, 0.4) is 0 Å². The van der Waals surface area contributed by atoms with Crippen molar-refractivity contribution in [2.45, 2.75) is 11.4 Å². The van der Waals surface area contributed by atoms with Crippen LogP contribution in [0.1, 0.15) is 11.7 Å². The van der Waals surface area contributed by atoms with Gasteiger partial charge in [-0.3, -0.25) is 0 Å². The Hall–Kier alpha value is -0.791. The van der Waals surface area contributed by atoms with Gasteiger partial charge in [-0.1, -0.05) is 0 Å². The number of benzene rings is 2. The zero-order valence-corrected chi connectivity index (χ0v) is 12.6. The summed E-state index contributed by atoms with van der Waals surface area (Å²) in [5.74, 6) is 0. The molecule has 3 heteroatoms. The molecule has 0 saturated heterocycles. The van der Waals surface area contributed by atoms with Gasteiger partial charge in [0.15, 0.2) is 0 Å². The Labute approximate surface area is 119 Å². The summed E-state index contributed by atoms with van der Waals surface area (Å²) in [6, 6.07) is 18.5. The molecule has 0 aliphatic rings. The second kappa shape index (κ2) is 6.96. The summed E-state index contributed by atoms with van der Waals surface area (Å²) in [5.41, 5.74) is 1.25. The molecule has 0 radical (unpaired) electrons. The van der Waals surface area contributed by atoms with Gasteiger partial charge in [0.2, 0.25) is 0 Å². The predicted molar refractivity (Wildman–Crippen MR) is 77.8 cm³/mol. The third-order valence-electron chi connectivity index (χ3n) is 2.67. The van der Waals surface area contributed by atoms with Gasteiger partial charge in [-0.05, 0) is 0 Å². The van der Waals surface area contributed by atoms with Gasteiger partial charge < -0.3 is 0 Å². The topological polar surface area (TPSA) is 9.23 Å². The van der Waals surface area contributed by atoms with E-state index in [1.165, 1.54) is 10.0 Å². The maximum atomic E-state index is 5.88. The predicted octanol–water partition coefficient (Wildman–Crippen LogP) is 3.48. The van der Waals surface area contributed by atoms with E-state index in [0.29, 0.717) is 15.0 Å². The van der Waals surface area contributed by atoms with Gasteiger partial charge >= 0.3 is 119 Å². The third-order valence-corrected chi connectivity index (χ3v) is 5.18. The van der Waals surface area contributed by atoms with Crippen LogP contribution in [0.4, 0.5) is 0 Å². The molecule has 0 heterocycles. The van der Waals surface area contributed by atoms with Crippen LogP contribution in [0.5, 0.6) is 0 Å². The molecule has 1 nitrogen and oxygen atoms in total. The summed E-state index contributed by atoms with van der Waals surface area (Å²) in [4.78, 5) is 0. The Morgan fingerprint density at radius 2 is 1.72 bits per heavy atom. The standard InChI is InChI=1S/C15H15ClOSe/c1-17-15(12-5-3-2-4-6-12)11-18-14-9-7-13(16)8-10-14/h2-10,15H,11H2,1H3. The van der Waals surface area contributed by atoms with Crippen LogP contribution in [0.15, 0.2) is 54.6 Å². The quantitative estimate of drug-likeness (QED) is 0.765. The Bertz CT molecular complexity index is 470. The van der Waals surface area contributed by atoms with Crippen molar-refractivity contribution < 1.29 is 4.74 Å². The van der Waals surface area contributed by atoms with Crippen molar-refractivity contribution in [3.05, 3.63) is 65.2 Å². The van der Waals surface area contributed by atoms with E-state index in [1.54, 1.807) is 7.11 Å². The van der Waals surface area contributed by atoms with E-state index in [9.17, 15) is 0 Å².